The van der Waals surface area contributed by atoms with Crippen molar-refractivity contribution in [3.63, 3.8) is 0 Å². The summed E-state index contributed by atoms with van der Waals surface area (Å²) < 4.78 is 1.91. The van der Waals surface area contributed by atoms with Crippen molar-refractivity contribution in [2.24, 2.45) is 0 Å². The zero-order chi connectivity index (χ0) is 23.1. The highest BCUT2D eigenvalue weighted by Crippen LogP contribution is 2.26. The van der Waals surface area contributed by atoms with Gasteiger partial charge in [-0.05, 0) is 18.9 Å². The van der Waals surface area contributed by atoms with Gasteiger partial charge in [-0.3, -0.25) is 19.1 Å². The molecule has 4 N–H and O–H groups in total. The number of carbonyl (C=O) groups excluding carboxylic acids is 1. The van der Waals surface area contributed by atoms with E-state index in [0.29, 0.717) is 15.9 Å². The molecule has 0 atom stereocenters. The highest BCUT2D eigenvalue weighted by Gasteiger charge is 2.24. The van der Waals surface area contributed by atoms with E-state index in [4.69, 9.17) is 5.73 Å². The van der Waals surface area contributed by atoms with Crippen molar-refractivity contribution in [2.45, 2.75) is 31.2 Å². The lowest BCUT2D eigenvalue weighted by molar-refractivity contribution is -0.116. The monoisotopic (exact) mass is 475 g/mol. The van der Waals surface area contributed by atoms with Gasteiger partial charge < -0.3 is 16.0 Å². The van der Waals surface area contributed by atoms with E-state index in [1.807, 2.05) is 44.2 Å². The van der Waals surface area contributed by atoms with Crippen LogP contribution in [0.4, 0.5) is 16.6 Å². The van der Waals surface area contributed by atoms with Crippen molar-refractivity contribution in [1.29, 1.82) is 0 Å². The zero-order valence-electron chi connectivity index (χ0n) is 17.8. The maximum absolute atomic E-state index is 13.0. The van der Waals surface area contributed by atoms with Crippen molar-refractivity contribution in [3.05, 3.63) is 56.7 Å². The van der Waals surface area contributed by atoms with E-state index < -0.39 is 11.2 Å². The molecule has 0 aliphatic carbocycles. The highest BCUT2D eigenvalue weighted by atomic mass is 32.2. The molecule has 3 aromatic rings. The minimum absolute atomic E-state index is 0.0152. The summed E-state index contributed by atoms with van der Waals surface area (Å²) in [7, 11) is 0. The number of hydrogen-bond donors (Lipinski definition) is 3. The first-order valence-corrected chi connectivity index (χ1v) is 11.9. The third-order valence-corrected chi connectivity index (χ3v) is 6.47. The van der Waals surface area contributed by atoms with Crippen molar-refractivity contribution in [2.75, 3.05) is 34.8 Å². The summed E-state index contributed by atoms with van der Waals surface area (Å²) in [5, 5.41) is 11.8. The minimum atomic E-state index is -0.686. The number of rotatable bonds is 10. The van der Waals surface area contributed by atoms with Crippen LogP contribution in [0.1, 0.15) is 25.8 Å². The lowest BCUT2D eigenvalue weighted by atomic mass is 10.2. The third kappa shape index (κ3) is 5.56. The Morgan fingerprint density at radius 1 is 1.25 bits per heavy atom. The fourth-order valence-corrected chi connectivity index (χ4v) is 4.73. The predicted octanol–water partition coefficient (Wildman–Crippen LogP) is 1.99. The molecule has 2 aromatic heterocycles. The van der Waals surface area contributed by atoms with Gasteiger partial charge in [-0.1, -0.05) is 60.4 Å². The Hall–Kier alpha value is -3.12. The number of benzene rings is 1. The number of nitrogens with zero attached hydrogens (tertiary/aromatic N) is 4. The molecular weight excluding hydrogens is 450 g/mol. The standard InChI is InChI=1S/C20H25N7O3S2/c1-3-10-26(14(28)12-31-20-25-24-18(32-20)22-4-2)15-16(21)27(19(30)23-17(15)29)11-13-8-6-5-7-9-13/h5-9H,3-4,10-12,21H2,1-2H3,(H,22,24)(H,23,29,30). The second-order valence-electron chi connectivity index (χ2n) is 6.80. The Bertz CT molecular complexity index is 1170. The average molecular weight is 476 g/mol. The number of aromatic nitrogens is 4. The van der Waals surface area contributed by atoms with Crippen LogP contribution in [-0.2, 0) is 11.3 Å². The lowest BCUT2D eigenvalue weighted by Gasteiger charge is -2.24. The number of aromatic amines is 1. The van der Waals surface area contributed by atoms with Crippen molar-refractivity contribution in [1.82, 2.24) is 19.7 Å². The minimum Gasteiger partial charge on any atom is -0.383 e. The number of H-pyrrole nitrogens is 1. The summed E-state index contributed by atoms with van der Waals surface area (Å²) in [5.74, 6) is -0.295. The lowest BCUT2D eigenvalue weighted by Crippen LogP contribution is -2.42. The largest absolute Gasteiger partial charge is 0.383 e. The summed E-state index contributed by atoms with van der Waals surface area (Å²) in [4.78, 5) is 41.8. The number of nitrogen functional groups attached to an aromatic ring is 1. The van der Waals surface area contributed by atoms with Gasteiger partial charge in [-0.15, -0.1) is 10.2 Å². The molecule has 0 bridgehead atoms. The Morgan fingerprint density at radius 3 is 2.69 bits per heavy atom. The van der Waals surface area contributed by atoms with Gasteiger partial charge in [0.05, 0.1) is 12.3 Å². The van der Waals surface area contributed by atoms with Gasteiger partial charge in [-0.25, -0.2) is 4.79 Å². The van der Waals surface area contributed by atoms with Crippen molar-refractivity contribution < 1.29 is 4.79 Å². The molecule has 1 aromatic carbocycles. The fourth-order valence-electron chi connectivity index (χ4n) is 3.04. The topological polar surface area (TPSA) is 139 Å². The normalized spacial score (nSPS) is 10.8. The highest BCUT2D eigenvalue weighted by molar-refractivity contribution is 8.01. The first-order chi connectivity index (χ1) is 15.4. The van der Waals surface area contributed by atoms with Crippen LogP contribution in [-0.4, -0.2) is 44.5 Å². The average Bonchev–Trinajstić information content (AvgIpc) is 3.23. The van der Waals surface area contributed by atoms with Gasteiger partial charge >= 0.3 is 5.69 Å². The molecular formula is C20H25N7O3S2. The summed E-state index contributed by atoms with van der Waals surface area (Å²) in [6, 6.07) is 9.27. The summed E-state index contributed by atoms with van der Waals surface area (Å²) in [5.41, 5.74) is 5.78. The van der Waals surface area contributed by atoms with Gasteiger partial charge in [0.2, 0.25) is 11.0 Å². The number of nitrogens with two attached hydrogens (primary N) is 1. The van der Waals surface area contributed by atoms with Crippen LogP contribution in [0.2, 0.25) is 0 Å². The predicted molar refractivity (Wildman–Crippen MR) is 129 cm³/mol. The molecule has 10 nitrogen and oxygen atoms in total. The molecule has 0 aliphatic rings. The van der Waals surface area contributed by atoms with Gasteiger partial charge in [0, 0.05) is 13.1 Å². The Kier molecular flexibility index (Phi) is 8.06. The van der Waals surface area contributed by atoms with E-state index in [2.05, 4.69) is 20.5 Å². The summed E-state index contributed by atoms with van der Waals surface area (Å²) in [6.07, 6.45) is 0.608. The van der Waals surface area contributed by atoms with Crippen LogP contribution in [0.25, 0.3) is 0 Å². The van der Waals surface area contributed by atoms with Gasteiger partial charge in [0.25, 0.3) is 5.56 Å². The molecule has 0 fully saturated rings. The van der Waals surface area contributed by atoms with E-state index >= 15 is 0 Å². The first kappa shape index (κ1) is 23.5. The molecule has 32 heavy (non-hydrogen) atoms. The van der Waals surface area contributed by atoms with E-state index in [1.165, 1.54) is 32.6 Å². The van der Waals surface area contributed by atoms with Crippen LogP contribution in [0, 0.1) is 0 Å². The Morgan fingerprint density at radius 2 is 2.00 bits per heavy atom. The third-order valence-electron chi connectivity index (χ3n) is 4.47. The molecule has 0 radical (unpaired) electrons. The molecule has 1 amide bonds. The quantitative estimate of drug-likeness (QED) is 0.378. The van der Waals surface area contributed by atoms with E-state index in [-0.39, 0.29) is 36.3 Å². The second-order valence-corrected chi connectivity index (χ2v) is 9.00. The number of amides is 1. The SMILES string of the molecule is CCCN(C(=O)CSc1nnc(NCC)s1)c1c(N)n(Cc2ccccc2)c(=O)[nH]c1=O. The van der Waals surface area contributed by atoms with Crippen LogP contribution < -0.4 is 27.2 Å². The maximum atomic E-state index is 13.0. The maximum Gasteiger partial charge on any atom is 0.330 e. The van der Waals surface area contributed by atoms with Gasteiger partial charge in [0.1, 0.15) is 5.82 Å². The van der Waals surface area contributed by atoms with Crippen molar-refractivity contribution >= 4 is 45.6 Å². The molecule has 0 spiro atoms. The molecule has 0 aliphatic heterocycles. The molecule has 0 unspecified atom stereocenters. The summed E-state index contributed by atoms with van der Waals surface area (Å²) in [6.45, 7) is 5.04. The molecule has 0 saturated carbocycles. The van der Waals surface area contributed by atoms with Crippen LogP contribution in [0.15, 0.2) is 44.3 Å². The number of nitrogens with one attached hydrogen (secondary N) is 2. The molecule has 170 valence electrons. The second kappa shape index (κ2) is 11.0. The number of thioether (sulfide) groups is 1. The smallest absolute Gasteiger partial charge is 0.330 e. The molecule has 0 saturated heterocycles. The van der Waals surface area contributed by atoms with E-state index in [9.17, 15) is 14.4 Å². The number of carbonyl (C=O) groups is 1. The van der Waals surface area contributed by atoms with Gasteiger partial charge in [0.15, 0.2) is 10.0 Å². The summed E-state index contributed by atoms with van der Waals surface area (Å²) >= 11 is 2.59. The Labute approximate surface area is 192 Å². The van der Waals surface area contributed by atoms with E-state index in [1.54, 1.807) is 0 Å². The number of anilines is 3. The van der Waals surface area contributed by atoms with Crippen LogP contribution in [0.5, 0.6) is 0 Å². The molecule has 12 heteroatoms. The number of hydrogen-bond acceptors (Lipinski definition) is 9. The van der Waals surface area contributed by atoms with Gasteiger partial charge in [-0.2, -0.15) is 0 Å². The van der Waals surface area contributed by atoms with E-state index in [0.717, 1.165) is 12.1 Å². The molecule has 2 heterocycles. The molecule has 3 rings (SSSR count). The Balaban J connectivity index is 1.87. The zero-order valence-corrected chi connectivity index (χ0v) is 19.5. The first-order valence-electron chi connectivity index (χ1n) is 10.1. The van der Waals surface area contributed by atoms with Crippen molar-refractivity contribution in [3.8, 4) is 0 Å². The van der Waals surface area contributed by atoms with Crippen LogP contribution in [0.3, 0.4) is 0 Å². The van der Waals surface area contributed by atoms with Crippen LogP contribution >= 0.6 is 23.1 Å². The fraction of sp³-hybridized carbons (Fsp3) is 0.350.